The summed E-state index contributed by atoms with van der Waals surface area (Å²) in [6.07, 6.45) is 7.01. The molecule has 23 heavy (non-hydrogen) atoms. The summed E-state index contributed by atoms with van der Waals surface area (Å²) in [6.45, 7) is 0. The van der Waals surface area contributed by atoms with Gasteiger partial charge in [0.25, 0.3) is 0 Å². The standard InChI is InChI=1S/C18H18Cl2N2O/c19-17-10-7-14(11-18(17)20)22-21-12-13-5-8-16(9-6-13)23-15-3-1-2-4-15/h5-12,15,22H,1-4H2. The summed E-state index contributed by atoms with van der Waals surface area (Å²) in [5.74, 6) is 0.923. The van der Waals surface area contributed by atoms with Gasteiger partial charge in [0.1, 0.15) is 5.75 Å². The van der Waals surface area contributed by atoms with Crippen molar-refractivity contribution < 1.29 is 4.74 Å². The van der Waals surface area contributed by atoms with E-state index in [2.05, 4.69) is 10.5 Å². The molecule has 1 saturated carbocycles. The summed E-state index contributed by atoms with van der Waals surface area (Å²) >= 11 is 11.8. The smallest absolute Gasteiger partial charge is 0.119 e. The lowest BCUT2D eigenvalue weighted by Crippen LogP contribution is -2.10. The molecule has 1 aliphatic carbocycles. The molecule has 2 aromatic rings. The average Bonchev–Trinajstić information content (AvgIpc) is 3.05. The second-order valence-corrected chi connectivity index (χ2v) is 6.41. The Labute approximate surface area is 146 Å². The highest BCUT2D eigenvalue weighted by molar-refractivity contribution is 6.42. The van der Waals surface area contributed by atoms with Crippen LogP contribution in [-0.4, -0.2) is 12.3 Å². The number of halogens is 2. The van der Waals surface area contributed by atoms with Gasteiger partial charge in [0.15, 0.2) is 0 Å². The van der Waals surface area contributed by atoms with Crippen LogP contribution in [0, 0.1) is 0 Å². The Morgan fingerprint density at radius 2 is 1.74 bits per heavy atom. The number of hydrogen-bond acceptors (Lipinski definition) is 3. The number of rotatable bonds is 5. The zero-order valence-electron chi connectivity index (χ0n) is 12.6. The van der Waals surface area contributed by atoms with Crippen LogP contribution in [0.3, 0.4) is 0 Å². The third-order valence-electron chi connectivity index (χ3n) is 3.81. The van der Waals surface area contributed by atoms with Crippen molar-refractivity contribution in [1.29, 1.82) is 0 Å². The van der Waals surface area contributed by atoms with Crippen LogP contribution in [0.1, 0.15) is 31.2 Å². The molecule has 0 aliphatic heterocycles. The average molecular weight is 349 g/mol. The molecule has 0 unspecified atom stereocenters. The largest absolute Gasteiger partial charge is 0.490 e. The van der Waals surface area contributed by atoms with Crippen molar-refractivity contribution in [3.63, 3.8) is 0 Å². The second kappa shape index (κ2) is 7.71. The van der Waals surface area contributed by atoms with E-state index in [4.69, 9.17) is 27.9 Å². The minimum atomic E-state index is 0.380. The zero-order valence-corrected chi connectivity index (χ0v) is 14.1. The van der Waals surface area contributed by atoms with E-state index >= 15 is 0 Å². The van der Waals surface area contributed by atoms with Gasteiger partial charge in [0.05, 0.1) is 28.1 Å². The van der Waals surface area contributed by atoms with E-state index in [1.165, 1.54) is 12.8 Å². The van der Waals surface area contributed by atoms with E-state index in [9.17, 15) is 0 Å². The summed E-state index contributed by atoms with van der Waals surface area (Å²) < 4.78 is 5.94. The molecular weight excluding hydrogens is 331 g/mol. The Hall–Kier alpha value is -1.71. The van der Waals surface area contributed by atoms with Gasteiger partial charge in [-0.15, -0.1) is 0 Å². The Morgan fingerprint density at radius 3 is 2.43 bits per heavy atom. The normalized spacial score (nSPS) is 15.2. The monoisotopic (exact) mass is 348 g/mol. The van der Waals surface area contributed by atoms with Gasteiger partial charge < -0.3 is 4.74 Å². The minimum absolute atomic E-state index is 0.380. The molecule has 0 radical (unpaired) electrons. The van der Waals surface area contributed by atoms with Crippen LogP contribution in [0.4, 0.5) is 5.69 Å². The van der Waals surface area contributed by atoms with Crippen molar-refractivity contribution in [2.24, 2.45) is 5.10 Å². The fourth-order valence-corrected chi connectivity index (χ4v) is 2.88. The lowest BCUT2D eigenvalue weighted by Gasteiger charge is -2.12. The highest BCUT2D eigenvalue weighted by atomic mass is 35.5. The first-order valence-electron chi connectivity index (χ1n) is 7.71. The van der Waals surface area contributed by atoms with Gasteiger partial charge in [-0.05, 0) is 73.7 Å². The van der Waals surface area contributed by atoms with Crippen LogP contribution in [0.25, 0.3) is 0 Å². The van der Waals surface area contributed by atoms with Crippen LogP contribution in [-0.2, 0) is 0 Å². The van der Waals surface area contributed by atoms with E-state index in [0.717, 1.165) is 29.8 Å². The molecule has 2 aromatic carbocycles. The molecule has 1 N–H and O–H groups in total. The highest BCUT2D eigenvalue weighted by Crippen LogP contribution is 2.25. The first-order valence-corrected chi connectivity index (χ1v) is 8.47. The fourth-order valence-electron chi connectivity index (χ4n) is 2.58. The Morgan fingerprint density at radius 1 is 1.00 bits per heavy atom. The second-order valence-electron chi connectivity index (χ2n) is 5.59. The molecule has 0 atom stereocenters. The summed E-state index contributed by atoms with van der Waals surface area (Å²) in [5.41, 5.74) is 4.71. The molecule has 3 rings (SSSR count). The summed E-state index contributed by atoms with van der Waals surface area (Å²) in [7, 11) is 0. The molecular formula is C18H18Cl2N2O. The van der Waals surface area contributed by atoms with Crippen LogP contribution < -0.4 is 10.2 Å². The van der Waals surface area contributed by atoms with Crippen LogP contribution in [0.15, 0.2) is 47.6 Å². The number of hydrogen-bond donors (Lipinski definition) is 1. The first kappa shape index (κ1) is 16.2. The molecule has 120 valence electrons. The summed E-state index contributed by atoms with van der Waals surface area (Å²) in [4.78, 5) is 0. The van der Waals surface area contributed by atoms with Gasteiger partial charge in [-0.25, -0.2) is 0 Å². The number of nitrogens with one attached hydrogen (secondary N) is 1. The molecule has 1 fully saturated rings. The zero-order chi connectivity index (χ0) is 16.1. The molecule has 0 heterocycles. The number of benzene rings is 2. The maximum atomic E-state index is 5.96. The summed E-state index contributed by atoms with van der Waals surface area (Å²) in [5, 5.41) is 5.23. The first-order chi connectivity index (χ1) is 11.2. The molecule has 3 nitrogen and oxygen atoms in total. The van der Waals surface area contributed by atoms with Gasteiger partial charge in [0, 0.05) is 0 Å². The molecule has 0 bridgehead atoms. The topological polar surface area (TPSA) is 33.6 Å². The number of ether oxygens (including phenoxy) is 1. The SMILES string of the molecule is Clc1ccc(NN=Cc2ccc(OC3CCCC3)cc2)cc1Cl. The molecule has 0 aromatic heterocycles. The van der Waals surface area contributed by atoms with Gasteiger partial charge in [-0.2, -0.15) is 5.10 Å². The Balaban J connectivity index is 1.55. The van der Waals surface area contributed by atoms with E-state index in [1.807, 2.05) is 30.3 Å². The third-order valence-corrected chi connectivity index (χ3v) is 4.55. The lowest BCUT2D eigenvalue weighted by molar-refractivity contribution is 0.210. The maximum Gasteiger partial charge on any atom is 0.119 e. The van der Waals surface area contributed by atoms with Gasteiger partial charge in [0.2, 0.25) is 0 Å². The predicted octanol–water partition coefficient (Wildman–Crippen LogP) is 5.76. The van der Waals surface area contributed by atoms with Crippen LogP contribution >= 0.6 is 23.2 Å². The Kier molecular flexibility index (Phi) is 5.42. The van der Waals surface area contributed by atoms with Gasteiger partial charge in [-0.3, -0.25) is 5.43 Å². The molecule has 0 saturated heterocycles. The quantitative estimate of drug-likeness (QED) is 0.550. The predicted molar refractivity (Wildman–Crippen MR) is 97.0 cm³/mol. The summed E-state index contributed by atoms with van der Waals surface area (Å²) in [6, 6.07) is 13.2. The van der Waals surface area contributed by atoms with E-state index in [0.29, 0.717) is 16.1 Å². The van der Waals surface area contributed by atoms with Crippen molar-refractivity contribution in [3.8, 4) is 5.75 Å². The van der Waals surface area contributed by atoms with Crippen molar-refractivity contribution in [2.45, 2.75) is 31.8 Å². The maximum absolute atomic E-state index is 5.96. The van der Waals surface area contributed by atoms with Crippen molar-refractivity contribution in [2.75, 3.05) is 5.43 Å². The van der Waals surface area contributed by atoms with Crippen molar-refractivity contribution >= 4 is 35.1 Å². The van der Waals surface area contributed by atoms with Crippen molar-refractivity contribution in [3.05, 3.63) is 58.1 Å². The van der Waals surface area contributed by atoms with Gasteiger partial charge >= 0.3 is 0 Å². The van der Waals surface area contributed by atoms with Crippen LogP contribution in [0.5, 0.6) is 5.75 Å². The molecule has 5 heteroatoms. The molecule has 1 aliphatic rings. The number of nitrogens with zero attached hydrogens (tertiary/aromatic N) is 1. The van der Waals surface area contributed by atoms with Gasteiger partial charge in [-0.1, -0.05) is 23.2 Å². The fraction of sp³-hybridized carbons (Fsp3) is 0.278. The van der Waals surface area contributed by atoms with E-state index in [-0.39, 0.29) is 0 Å². The third kappa shape index (κ3) is 4.63. The number of hydrazone groups is 1. The molecule has 0 amide bonds. The molecule has 0 spiro atoms. The van der Waals surface area contributed by atoms with E-state index < -0.39 is 0 Å². The van der Waals surface area contributed by atoms with Crippen LogP contribution in [0.2, 0.25) is 10.0 Å². The minimum Gasteiger partial charge on any atom is -0.490 e. The Bertz CT molecular complexity index is 680. The van der Waals surface area contributed by atoms with Crippen molar-refractivity contribution in [1.82, 2.24) is 0 Å². The number of anilines is 1. The van der Waals surface area contributed by atoms with E-state index in [1.54, 1.807) is 18.3 Å². The lowest BCUT2D eigenvalue weighted by atomic mass is 10.2. The highest BCUT2D eigenvalue weighted by Gasteiger charge is 2.16.